The number of H-pyrrole nitrogens is 1. The summed E-state index contributed by atoms with van der Waals surface area (Å²) in [5.74, 6) is 5.66. The minimum absolute atomic E-state index is 0.274. The van der Waals surface area contributed by atoms with Crippen molar-refractivity contribution in [3.8, 4) is 17.5 Å². The maximum absolute atomic E-state index is 11.3. The van der Waals surface area contributed by atoms with Crippen LogP contribution in [0, 0.1) is 11.8 Å². The van der Waals surface area contributed by atoms with Crippen LogP contribution in [0.1, 0.15) is 5.56 Å². The van der Waals surface area contributed by atoms with E-state index in [-0.39, 0.29) is 5.69 Å². The van der Waals surface area contributed by atoms with E-state index in [2.05, 4.69) is 22.0 Å². The number of aromatic amines is 1. The lowest BCUT2D eigenvalue weighted by Crippen LogP contribution is -2.13. The first-order chi connectivity index (χ1) is 7.81. The summed E-state index contributed by atoms with van der Waals surface area (Å²) in [5, 5.41) is 5.99. The van der Waals surface area contributed by atoms with Gasteiger partial charge in [0, 0.05) is 5.56 Å². The van der Waals surface area contributed by atoms with Crippen molar-refractivity contribution in [2.24, 2.45) is 5.73 Å². The van der Waals surface area contributed by atoms with E-state index >= 15 is 0 Å². The van der Waals surface area contributed by atoms with E-state index in [0.29, 0.717) is 6.54 Å². The van der Waals surface area contributed by atoms with E-state index in [1.165, 1.54) is 10.9 Å². The summed E-state index contributed by atoms with van der Waals surface area (Å²) in [4.78, 5) is 11.3. The average molecular weight is 214 g/mol. The molecule has 5 nitrogen and oxygen atoms in total. The number of aromatic nitrogens is 3. The third-order valence-electron chi connectivity index (χ3n) is 2.01. The smallest absolute Gasteiger partial charge is 0.320 e. The van der Waals surface area contributed by atoms with Gasteiger partial charge in [0.25, 0.3) is 0 Å². The summed E-state index contributed by atoms with van der Waals surface area (Å²) in [6.07, 6.45) is 1.43. The molecule has 0 radical (unpaired) electrons. The molecule has 0 fully saturated rings. The minimum Gasteiger partial charge on any atom is -0.320 e. The first kappa shape index (κ1) is 10.2. The van der Waals surface area contributed by atoms with Crippen molar-refractivity contribution in [3.63, 3.8) is 0 Å². The molecule has 2 aromatic rings. The summed E-state index contributed by atoms with van der Waals surface area (Å²) in [6, 6.07) is 7.30. The molecule has 0 amide bonds. The van der Waals surface area contributed by atoms with Crippen molar-refractivity contribution in [1.29, 1.82) is 0 Å². The van der Waals surface area contributed by atoms with Crippen LogP contribution in [0.2, 0.25) is 0 Å². The highest BCUT2D eigenvalue weighted by atomic mass is 16.1. The van der Waals surface area contributed by atoms with Crippen LogP contribution in [-0.4, -0.2) is 21.3 Å². The summed E-state index contributed by atoms with van der Waals surface area (Å²) >= 11 is 0. The zero-order valence-electron chi connectivity index (χ0n) is 8.47. The molecule has 0 aliphatic rings. The Labute approximate surface area is 91.9 Å². The van der Waals surface area contributed by atoms with E-state index in [1.54, 1.807) is 6.07 Å². The van der Waals surface area contributed by atoms with Gasteiger partial charge in [-0.2, -0.15) is 5.10 Å². The highest BCUT2D eigenvalue weighted by Crippen LogP contribution is 2.06. The van der Waals surface area contributed by atoms with Gasteiger partial charge < -0.3 is 5.73 Å². The Morgan fingerprint density at radius 3 is 3.06 bits per heavy atom. The van der Waals surface area contributed by atoms with Crippen molar-refractivity contribution in [1.82, 2.24) is 14.8 Å². The lowest BCUT2D eigenvalue weighted by molar-refractivity contribution is 0.982. The fraction of sp³-hybridized carbons (Fsp3) is 0.0909. The Bertz CT molecular complexity index is 600. The van der Waals surface area contributed by atoms with Gasteiger partial charge in [0.15, 0.2) is 0 Å². The minimum atomic E-state index is -0.274. The van der Waals surface area contributed by atoms with Crippen LogP contribution in [0.15, 0.2) is 35.4 Å². The Morgan fingerprint density at radius 2 is 2.38 bits per heavy atom. The van der Waals surface area contributed by atoms with Crippen molar-refractivity contribution in [2.75, 3.05) is 6.54 Å². The van der Waals surface area contributed by atoms with Crippen LogP contribution < -0.4 is 11.4 Å². The van der Waals surface area contributed by atoms with Crippen molar-refractivity contribution < 1.29 is 0 Å². The Kier molecular flexibility index (Phi) is 2.85. The number of hydrogen-bond acceptors (Lipinski definition) is 3. The maximum Gasteiger partial charge on any atom is 0.347 e. The lowest BCUT2D eigenvalue weighted by atomic mass is 10.2. The summed E-state index contributed by atoms with van der Waals surface area (Å²) in [6.45, 7) is 0.315. The molecule has 2 rings (SSSR count). The van der Waals surface area contributed by atoms with E-state index in [1.807, 2.05) is 18.2 Å². The molecular formula is C11H10N4O. The van der Waals surface area contributed by atoms with Gasteiger partial charge in [0.2, 0.25) is 0 Å². The molecule has 0 saturated heterocycles. The highest BCUT2D eigenvalue weighted by molar-refractivity contribution is 5.43. The van der Waals surface area contributed by atoms with E-state index < -0.39 is 0 Å². The number of hydrogen-bond donors (Lipinski definition) is 2. The molecule has 1 aromatic heterocycles. The van der Waals surface area contributed by atoms with Gasteiger partial charge in [-0.15, -0.1) is 0 Å². The maximum atomic E-state index is 11.3. The number of nitrogens with two attached hydrogens (primary N) is 1. The van der Waals surface area contributed by atoms with Crippen LogP contribution in [0.3, 0.4) is 0 Å². The van der Waals surface area contributed by atoms with E-state index in [9.17, 15) is 4.79 Å². The van der Waals surface area contributed by atoms with Gasteiger partial charge in [0.05, 0.1) is 12.2 Å². The summed E-state index contributed by atoms with van der Waals surface area (Å²) < 4.78 is 1.41. The molecule has 3 N–H and O–H groups in total. The van der Waals surface area contributed by atoms with Gasteiger partial charge >= 0.3 is 5.69 Å². The van der Waals surface area contributed by atoms with Gasteiger partial charge in [-0.3, -0.25) is 0 Å². The first-order valence-corrected chi connectivity index (χ1v) is 4.72. The Hall–Kier alpha value is -2.32. The molecule has 1 aromatic carbocycles. The summed E-state index contributed by atoms with van der Waals surface area (Å²) in [5.41, 5.74) is 6.56. The quantitative estimate of drug-likeness (QED) is 0.649. The molecule has 80 valence electrons. The molecule has 0 saturated carbocycles. The zero-order valence-corrected chi connectivity index (χ0v) is 8.47. The number of nitrogens with one attached hydrogen (secondary N) is 1. The van der Waals surface area contributed by atoms with Crippen LogP contribution >= 0.6 is 0 Å². The molecule has 0 bridgehead atoms. The van der Waals surface area contributed by atoms with Crippen LogP contribution in [-0.2, 0) is 0 Å². The van der Waals surface area contributed by atoms with Crippen molar-refractivity contribution in [2.45, 2.75) is 0 Å². The molecule has 0 spiro atoms. The Balaban J connectivity index is 2.44. The van der Waals surface area contributed by atoms with Crippen LogP contribution in [0.5, 0.6) is 0 Å². The third-order valence-corrected chi connectivity index (χ3v) is 2.01. The normalized spacial score (nSPS) is 9.56. The molecule has 0 aliphatic carbocycles. The molecular weight excluding hydrogens is 204 g/mol. The highest BCUT2D eigenvalue weighted by Gasteiger charge is 2.00. The van der Waals surface area contributed by atoms with Crippen molar-refractivity contribution >= 4 is 0 Å². The fourth-order valence-electron chi connectivity index (χ4n) is 1.32. The number of nitrogens with zero attached hydrogens (tertiary/aromatic N) is 2. The molecule has 0 unspecified atom stereocenters. The van der Waals surface area contributed by atoms with E-state index in [0.717, 1.165) is 11.3 Å². The standard InChI is InChI=1S/C11H10N4O/c12-6-2-4-9-3-1-5-10(7-9)15-8-13-14-11(15)16/h1,3,5,7-8H,6,12H2,(H,14,16). The monoisotopic (exact) mass is 214 g/mol. The lowest BCUT2D eigenvalue weighted by Gasteiger charge is -1.99. The van der Waals surface area contributed by atoms with Gasteiger partial charge in [0.1, 0.15) is 6.33 Å². The van der Waals surface area contributed by atoms with Crippen molar-refractivity contribution in [3.05, 3.63) is 46.6 Å². The second-order valence-corrected chi connectivity index (χ2v) is 3.09. The topological polar surface area (TPSA) is 76.7 Å². The molecule has 0 aliphatic heterocycles. The predicted octanol–water partition coefficient (Wildman–Crippen LogP) is -0.129. The fourth-order valence-corrected chi connectivity index (χ4v) is 1.32. The molecule has 16 heavy (non-hydrogen) atoms. The predicted molar refractivity (Wildman–Crippen MR) is 60.1 cm³/mol. The Morgan fingerprint density at radius 1 is 1.50 bits per heavy atom. The zero-order chi connectivity index (χ0) is 11.4. The first-order valence-electron chi connectivity index (χ1n) is 4.72. The largest absolute Gasteiger partial charge is 0.347 e. The van der Waals surface area contributed by atoms with Gasteiger partial charge in [-0.05, 0) is 18.2 Å². The van der Waals surface area contributed by atoms with Crippen LogP contribution in [0.4, 0.5) is 0 Å². The molecule has 0 atom stereocenters. The van der Waals surface area contributed by atoms with Crippen LogP contribution in [0.25, 0.3) is 5.69 Å². The number of benzene rings is 1. The SMILES string of the molecule is NCC#Cc1cccc(-n2cn[nH]c2=O)c1. The van der Waals surface area contributed by atoms with Gasteiger partial charge in [-0.1, -0.05) is 17.9 Å². The third kappa shape index (κ3) is 2.02. The second-order valence-electron chi connectivity index (χ2n) is 3.09. The molecule has 1 heterocycles. The molecule has 5 heteroatoms. The second kappa shape index (κ2) is 4.47. The summed E-state index contributed by atoms with van der Waals surface area (Å²) in [7, 11) is 0. The van der Waals surface area contributed by atoms with E-state index in [4.69, 9.17) is 5.73 Å². The number of rotatable bonds is 1. The average Bonchev–Trinajstić information content (AvgIpc) is 2.73. The van der Waals surface area contributed by atoms with Gasteiger partial charge in [-0.25, -0.2) is 14.5 Å².